The first-order valence-corrected chi connectivity index (χ1v) is 3.01. The molecule has 13 heavy (non-hydrogen) atoms. The SMILES string of the molecule is Cl.N=C(N)c1c(F)cc(F)cc1F. The summed E-state index contributed by atoms with van der Waals surface area (Å²) in [5.41, 5.74) is 4.15. The lowest BCUT2D eigenvalue weighted by Gasteiger charge is -2.01. The fourth-order valence-electron chi connectivity index (χ4n) is 0.800. The van der Waals surface area contributed by atoms with Crippen LogP contribution in [0.5, 0.6) is 0 Å². The van der Waals surface area contributed by atoms with Gasteiger partial charge in [0.15, 0.2) is 0 Å². The summed E-state index contributed by atoms with van der Waals surface area (Å²) in [5.74, 6) is -4.12. The van der Waals surface area contributed by atoms with Crippen molar-refractivity contribution < 1.29 is 13.2 Å². The molecular formula is C7H6ClF3N2. The Bertz CT molecular complexity index is 318. The maximum atomic E-state index is 12.7. The highest BCUT2D eigenvalue weighted by Gasteiger charge is 2.13. The maximum Gasteiger partial charge on any atom is 0.139 e. The molecule has 0 unspecified atom stereocenters. The molecule has 0 fully saturated rings. The molecule has 0 aliphatic carbocycles. The molecular weight excluding hydrogens is 205 g/mol. The first-order chi connectivity index (χ1) is 5.52. The summed E-state index contributed by atoms with van der Waals surface area (Å²) < 4.78 is 37.6. The first-order valence-electron chi connectivity index (χ1n) is 3.01. The van der Waals surface area contributed by atoms with Crippen LogP contribution in [0.1, 0.15) is 5.56 Å². The molecule has 3 N–H and O–H groups in total. The molecule has 0 heterocycles. The van der Waals surface area contributed by atoms with E-state index in [1.165, 1.54) is 0 Å². The number of rotatable bonds is 1. The summed E-state index contributed by atoms with van der Waals surface area (Å²) in [5, 5.41) is 6.76. The molecule has 0 radical (unpaired) electrons. The highest BCUT2D eigenvalue weighted by atomic mass is 35.5. The van der Waals surface area contributed by atoms with Gasteiger partial charge in [-0.2, -0.15) is 0 Å². The van der Waals surface area contributed by atoms with Gasteiger partial charge in [-0.05, 0) is 0 Å². The molecule has 0 aliphatic heterocycles. The van der Waals surface area contributed by atoms with Gasteiger partial charge in [-0.25, -0.2) is 13.2 Å². The number of benzene rings is 1. The molecule has 0 atom stereocenters. The summed E-state index contributed by atoms with van der Waals surface area (Å²) >= 11 is 0. The molecule has 2 nitrogen and oxygen atoms in total. The largest absolute Gasteiger partial charge is 0.384 e. The van der Waals surface area contributed by atoms with Crippen molar-refractivity contribution in [1.82, 2.24) is 0 Å². The second kappa shape index (κ2) is 4.13. The maximum absolute atomic E-state index is 12.7. The predicted molar refractivity (Wildman–Crippen MR) is 44.6 cm³/mol. The third-order valence-corrected chi connectivity index (χ3v) is 1.28. The Balaban J connectivity index is 0.00000144. The van der Waals surface area contributed by atoms with Crippen LogP contribution in [0.2, 0.25) is 0 Å². The number of hydrogen-bond acceptors (Lipinski definition) is 1. The van der Waals surface area contributed by atoms with E-state index in [1.807, 2.05) is 0 Å². The average molecular weight is 211 g/mol. The normalized spacial score (nSPS) is 9.15. The van der Waals surface area contributed by atoms with Gasteiger partial charge >= 0.3 is 0 Å². The number of nitrogens with one attached hydrogen (secondary N) is 1. The highest BCUT2D eigenvalue weighted by molar-refractivity contribution is 5.95. The minimum Gasteiger partial charge on any atom is -0.384 e. The van der Waals surface area contributed by atoms with Crippen molar-refractivity contribution in [3.63, 3.8) is 0 Å². The third-order valence-electron chi connectivity index (χ3n) is 1.28. The molecule has 0 bridgehead atoms. The number of amidine groups is 1. The van der Waals surface area contributed by atoms with Crippen LogP contribution in [0, 0.1) is 22.9 Å². The van der Waals surface area contributed by atoms with Crippen LogP contribution in [-0.2, 0) is 0 Å². The summed E-state index contributed by atoms with van der Waals surface area (Å²) in [6.07, 6.45) is 0. The van der Waals surface area contributed by atoms with Gasteiger partial charge in [0, 0.05) is 12.1 Å². The number of nitrogens with two attached hydrogens (primary N) is 1. The van der Waals surface area contributed by atoms with Crippen LogP contribution in [0.4, 0.5) is 13.2 Å². The van der Waals surface area contributed by atoms with Gasteiger partial charge in [0.2, 0.25) is 0 Å². The van der Waals surface area contributed by atoms with Crippen molar-refractivity contribution in [3.8, 4) is 0 Å². The van der Waals surface area contributed by atoms with E-state index < -0.39 is 28.9 Å². The zero-order valence-corrected chi connectivity index (χ0v) is 7.09. The smallest absolute Gasteiger partial charge is 0.139 e. The van der Waals surface area contributed by atoms with Crippen LogP contribution >= 0.6 is 12.4 Å². The topological polar surface area (TPSA) is 49.9 Å². The zero-order valence-electron chi connectivity index (χ0n) is 6.27. The van der Waals surface area contributed by atoms with Gasteiger partial charge in [0.25, 0.3) is 0 Å². The molecule has 0 spiro atoms. The van der Waals surface area contributed by atoms with Crippen LogP contribution in [0.3, 0.4) is 0 Å². The van der Waals surface area contributed by atoms with E-state index in [0.717, 1.165) is 0 Å². The molecule has 1 aromatic carbocycles. The van der Waals surface area contributed by atoms with E-state index in [0.29, 0.717) is 12.1 Å². The fraction of sp³-hybridized carbons (Fsp3) is 0. The van der Waals surface area contributed by atoms with Crippen molar-refractivity contribution in [2.75, 3.05) is 0 Å². The molecule has 0 saturated carbocycles. The van der Waals surface area contributed by atoms with Crippen molar-refractivity contribution in [1.29, 1.82) is 5.41 Å². The standard InChI is InChI=1S/C7H5F3N2.ClH/c8-3-1-4(9)6(7(11)12)5(10)2-3;/h1-2H,(H3,11,12);1H. The number of halogens is 4. The Morgan fingerprint density at radius 3 is 1.85 bits per heavy atom. The first kappa shape index (κ1) is 11.8. The van der Waals surface area contributed by atoms with Gasteiger partial charge in [-0.1, -0.05) is 0 Å². The Hall–Kier alpha value is -1.23. The lowest BCUT2D eigenvalue weighted by atomic mass is 10.2. The highest BCUT2D eigenvalue weighted by Crippen LogP contribution is 2.13. The van der Waals surface area contributed by atoms with Crippen LogP contribution < -0.4 is 5.73 Å². The lowest BCUT2D eigenvalue weighted by Crippen LogP contribution is -2.15. The van der Waals surface area contributed by atoms with Crippen LogP contribution in [0.25, 0.3) is 0 Å². The summed E-state index contributed by atoms with van der Waals surface area (Å²) in [7, 11) is 0. The Morgan fingerprint density at radius 1 is 1.15 bits per heavy atom. The molecule has 0 saturated heterocycles. The molecule has 0 aromatic heterocycles. The van der Waals surface area contributed by atoms with Crippen molar-refractivity contribution in [2.45, 2.75) is 0 Å². The van der Waals surface area contributed by atoms with Crippen LogP contribution in [-0.4, -0.2) is 5.84 Å². The van der Waals surface area contributed by atoms with Crippen LogP contribution in [0.15, 0.2) is 12.1 Å². The summed E-state index contributed by atoms with van der Waals surface area (Å²) in [6, 6.07) is 0.944. The quantitative estimate of drug-likeness (QED) is 0.539. The molecule has 0 aliphatic rings. The van der Waals surface area contributed by atoms with Crippen molar-refractivity contribution in [2.24, 2.45) is 5.73 Å². The lowest BCUT2D eigenvalue weighted by molar-refractivity contribution is 0.540. The van der Waals surface area contributed by atoms with Gasteiger partial charge in [-0.15, -0.1) is 12.4 Å². The van der Waals surface area contributed by atoms with Gasteiger partial charge < -0.3 is 5.73 Å². The van der Waals surface area contributed by atoms with Gasteiger partial charge in [0.1, 0.15) is 23.3 Å². The van der Waals surface area contributed by atoms with Crippen molar-refractivity contribution >= 4 is 18.2 Å². The van der Waals surface area contributed by atoms with Crippen molar-refractivity contribution in [3.05, 3.63) is 35.1 Å². The second-order valence-electron chi connectivity index (χ2n) is 2.16. The van der Waals surface area contributed by atoms with E-state index in [4.69, 9.17) is 11.1 Å². The molecule has 1 rings (SSSR count). The predicted octanol–water partition coefficient (Wildman–Crippen LogP) is 1.81. The molecule has 0 amide bonds. The van der Waals surface area contributed by atoms with E-state index in [9.17, 15) is 13.2 Å². The fourth-order valence-corrected chi connectivity index (χ4v) is 0.800. The summed E-state index contributed by atoms with van der Waals surface area (Å²) in [4.78, 5) is 0. The average Bonchev–Trinajstić information content (AvgIpc) is 1.82. The van der Waals surface area contributed by atoms with E-state index >= 15 is 0 Å². The zero-order chi connectivity index (χ0) is 9.30. The minimum atomic E-state index is -1.17. The van der Waals surface area contributed by atoms with Gasteiger partial charge in [0.05, 0.1) is 5.56 Å². The molecule has 1 aromatic rings. The van der Waals surface area contributed by atoms with E-state index in [1.54, 1.807) is 0 Å². The Labute approximate surface area is 78.5 Å². The Morgan fingerprint density at radius 2 is 1.54 bits per heavy atom. The Kier molecular flexibility index (Phi) is 3.74. The molecule has 6 heteroatoms. The van der Waals surface area contributed by atoms with Gasteiger partial charge in [-0.3, -0.25) is 5.41 Å². The number of nitrogen functional groups attached to an aromatic ring is 1. The van der Waals surface area contributed by atoms with E-state index in [-0.39, 0.29) is 12.4 Å². The van der Waals surface area contributed by atoms with E-state index in [2.05, 4.69) is 0 Å². The monoisotopic (exact) mass is 210 g/mol. The molecule has 72 valence electrons. The minimum absolute atomic E-state index is 0. The number of hydrogen-bond donors (Lipinski definition) is 2. The third kappa shape index (κ3) is 2.35. The summed E-state index contributed by atoms with van der Waals surface area (Å²) in [6.45, 7) is 0. The second-order valence-corrected chi connectivity index (χ2v) is 2.16.